The Hall–Kier alpha value is -0.0600. The van der Waals surface area contributed by atoms with Crippen LogP contribution in [0.15, 0.2) is 22.7 Å². The first-order valence-electron chi connectivity index (χ1n) is 3.67. The molecular formula is C9H6Br2OS. The van der Waals surface area contributed by atoms with Gasteiger partial charge in [0.05, 0.1) is 4.70 Å². The molecular weight excluding hydrogens is 316 g/mol. The Morgan fingerprint density at radius 2 is 2.08 bits per heavy atom. The van der Waals surface area contributed by atoms with E-state index in [-0.39, 0.29) is 0 Å². The lowest BCUT2D eigenvalue weighted by Gasteiger charge is -1.97. The van der Waals surface area contributed by atoms with Crippen LogP contribution in [-0.2, 0) is 5.33 Å². The third-order valence-corrected chi connectivity index (χ3v) is 4.29. The third-order valence-electron chi connectivity index (χ3n) is 1.77. The molecule has 0 aliphatic carbocycles. The predicted octanol–water partition coefficient (Wildman–Crippen LogP) is 4.26. The lowest BCUT2D eigenvalue weighted by atomic mass is 10.2. The summed E-state index contributed by atoms with van der Waals surface area (Å²) in [7, 11) is 0. The van der Waals surface area contributed by atoms with Crippen molar-refractivity contribution in [2.24, 2.45) is 0 Å². The van der Waals surface area contributed by atoms with Gasteiger partial charge >= 0.3 is 0 Å². The van der Waals surface area contributed by atoms with Crippen LogP contribution in [0, 0.1) is 0 Å². The molecule has 0 amide bonds. The van der Waals surface area contributed by atoms with Gasteiger partial charge < -0.3 is 5.11 Å². The van der Waals surface area contributed by atoms with Gasteiger partial charge in [0.1, 0.15) is 0 Å². The predicted molar refractivity (Wildman–Crippen MR) is 63.8 cm³/mol. The quantitative estimate of drug-likeness (QED) is 0.778. The van der Waals surface area contributed by atoms with Crippen LogP contribution in [0.4, 0.5) is 0 Å². The van der Waals surface area contributed by atoms with Crippen LogP contribution in [0.2, 0.25) is 0 Å². The monoisotopic (exact) mass is 320 g/mol. The van der Waals surface area contributed by atoms with E-state index in [1.807, 2.05) is 0 Å². The van der Waals surface area contributed by atoms with E-state index in [4.69, 9.17) is 0 Å². The van der Waals surface area contributed by atoms with Gasteiger partial charge in [-0.1, -0.05) is 27.3 Å². The standard InChI is InChI=1S/C9H6Br2OS/c10-4-5-1-6-3-8(12)13-9(6)7(11)2-5/h1-3,12H,4H2. The van der Waals surface area contributed by atoms with Crippen LogP contribution < -0.4 is 0 Å². The molecule has 13 heavy (non-hydrogen) atoms. The van der Waals surface area contributed by atoms with Crippen LogP contribution in [0.1, 0.15) is 5.56 Å². The van der Waals surface area contributed by atoms with E-state index < -0.39 is 0 Å². The molecule has 0 aliphatic rings. The smallest absolute Gasteiger partial charge is 0.172 e. The molecule has 1 nitrogen and oxygen atoms in total. The Labute approximate surface area is 96.6 Å². The lowest BCUT2D eigenvalue weighted by Crippen LogP contribution is -1.76. The summed E-state index contributed by atoms with van der Waals surface area (Å²) in [5.41, 5.74) is 1.21. The minimum atomic E-state index is 0.363. The van der Waals surface area contributed by atoms with Gasteiger partial charge in [-0.25, -0.2) is 0 Å². The molecule has 0 saturated heterocycles. The fourth-order valence-electron chi connectivity index (χ4n) is 1.23. The molecule has 0 radical (unpaired) electrons. The zero-order chi connectivity index (χ0) is 9.42. The van der Waals surface area contributed by atoms with Crippen LogP contribution in [-0.4, -0.2) is 5.11 Å². The van der Waals surface area contributed by atoms with Gasteiger partial charge in [0.15, 0.2) is 5.06 Å². The summed E-state index contributed by atoms with van der Waals surface area (Å²) in [4.78, 5) is 0. The molecule has 1 N–H and O–H groups in total. The van der Waals surface area contributed by atoms with Crippen molar-refractivity contribution in [3.8, 4) is 5.06 Å². The zero-order valence-corrected chi connectivity index (χ0v) is 10.5. The summed E-state index contributed by atoms with van der Waals surface area (Å²) in [6, 6.07) is 5.93. The Kier molecular flexibility index (Phi) is 2.62. The van der Waals surface area contributed by atoms with E-state index in [1.54, 1.807) is 6.07 Å². The van der Waals surface area contributed by atoms with E-state index in [0.29, 0.717) is 5.06 Å². The molecule has 1 heterocycles. The maximum atomic E-state index is 9.33. The average molecular weight is 322 g/mol. The highest BCUT2D eigenvalue weighted by atomic mass is 79.9. The number of hydrogen-bond acceptors (Lipinski definition) is 2. The number of hydrogen-bond donors (Lipinski definition) is 1. The first-order valence-corrected chi connectivity index (χ1v) is 6.40. The van der Waals surface area contributed by atoms with E-state index in [2.05, 4.69) is 44.0 Å². The van der Waals surface area contributed by atoms with Crippen LogP contribution in [0.25, 0.3) is 10.1 Å². The molecule has 0 saturated carbocycles. The van der Waals surface area contributed by atoms with Gasteiger partial charge in [-0.2, -0.15) is 0 Å². The van der Waals surface area contributed by atoms with E-state index in [9.17, 15) is 5.11 Å². The summed E-state index contributed by atoms with van der Waals surface area (Å²) >= 11 is 8.28. The summed E-state index contributed by atoms with van der Waals surface area (Å²) in [6.07, 6.45) is 0. The number of alkyl halides is 1. The summed E-state index contributed by atoms with van der Waals surface area (Å²) in [5.74, 6) is 0. The second-order valence-electron chi connectivity index (χ2n) is 2.71. The maximum Gasteiger partial charge on any atom is 0.172 e. The van der Waals surface area contributed by atoms with Crippen molar-refractivity contribution in [3.63, 3.8) is 0 Å². The minimum Gasteiger partial charge on any atom is -0.499 e. The second kappa shape index (κ2) is 3.59. The van der Waals surface area contributed by atoms with Gasteiger partial charge in [-0.3, -0.25) is 0 Å². The van der Waals surface area contributed by atoms with Gasteiger partial charge in [0.2, 0.25) is 0 Å². The van der Waals surface area contributed by atoms with Crippen molar-refractivity contribution in [1.82, 2.24) is 0 Å². The van der Waals surface area contributed by atoms with Crippen molar-refractivity contribution in [2.75, 3.05) is 0 Å². The van der Waals surface area contributed by atoms with Crippen molar-refractivity contribution in [3.05, 3.63) is 28.2 Å². The number of halogens is 2. The highest BCUT2D eigenvalue weighted by Crippen LogP contribution is 2.36. The van der Waals surface area contributed by atoms with Gasteiger partial charge in [-0.15, -0.1) is 0 Å². The van der Waals surface area contributed by atoms with Crippen LogP contribution in [0.5, 0.6) is 5.06 Å². The van der Waals surface area contributed by atoms with Crippen molar-refractivity contribution in [1.29, 1.82) is 0 Å². The first-order chi connectivity index (χ1) is 6.20. The van der Waals surface area contributed by atoms with Crippen LogP contribution >= 0.6 is 43.2 Å². The van der Waals surface area contributed by atoms with E-state index >= 15 is 0 Å². The molecule has 0 fully saturated rings. The minimum absolute atomic E-state index is 0.363. The number of benzene rings is 1. The summed E-state index contributed by atoms with van der Waals surface area (Å²) < 4.78 is 2.15. The number of thiophene rings is 1. The molecule has 2 aromatic rings. The molecule has 1 aromatic carbocycles. The zero-order valence-electron chi connectivity index (χ0n) is 6.55. The SMILES string of the molecule is Oc1cc2cc(CBr)cc(Br)c2s1. The largest absolute Gasteiger partial charge is 0.499 e. The molecule has 68 valence electrons. The number of rotatable bonds is 1. The van der Waals surface area contributed by atoms with E-state index in [0.717, 1.165) is 19.9 Å². The normalized spacial score (nSPS) is 10.9. The molecule has 0 aliphatic heterocycles. The average Bonchev–Trinajstić information content (AvgIpc) is 2.46. The maximum absolute atomic E-state index is 9.33. The van der Waals surface area contributed by atoms with Crippen molar-refractivity contribution in [2.45, 2.75) is 5.33 Å². The highest BCUT2D eigenvalue weighted by molar-refractivity contribution is 9.10. The lowest BCUT2D eigenvalue weighted by molar-refractivity contribution is 0.491. The Morgan fingerprint density at radius 3 is 2.77 bits per heavy atom. The topological polar surface area (TPSA) is 20.2 Å². The first kappa shape index (κ1) is 9.49. The fraction of sp³-hybridized carbons (Fsp3) is 0.111. The molecule has 0 unspecified atom stereocenters. The Bertz CT molecular complexity index is 450. The van der Waals surface area contributed by atoms with Gasteiger partial charge in [-0.05, 0) is 45.1 Å². The van der Waals surface area contributed by atoms with Crippen molar-refractivity contribution >= 4 is 53.3 Å². The molecule has 0 atom stereocenters. The summed E-state index contributed by atoms with van der Waals surface area (Å²) in [6.45, 7) is 0. The Morgan fingerprint density at radius 1 is 1.31 bits per heavy atom. The summed E-state index contributed by atoms with van der Waals surface area (Å²) in [5, 5.41) is 11.6. The number of aromatic hydroxyl groups is 1. The van der Waals surface area contributed by atoms with Gasteiger partial charge in [0.25, 0.3) is 0 Å². The van der Waals surface area contributed by atoms with E-state index in [1.165, 1.54) is 16.9 Å². The molecule has 0 bridgehead atoms. The van der Waals surface area contributed by atoms with Crippen LogP contribution in [0.3, 0.4) is 0 Å². The Balaban J connectivity index is 2.75. The number of fused-ring (bicyclic) bond motifs is 1. The third kappa shape index (κ3) is 1.75. The second-order valence-corrected chi connectivity index (χ2v) is 5.16. The van der Waals surface area contributed by atoms with Gasteiger partial charge in [0, 0.05) is 9.80 Å². The van der Waals surface area contributed by atoms with Crippen molar-refractivity contribution < 1.29 is 5.11 Å². The highest BCUT2D eigenvalue weighted by Gasteiger charge is 2.05. The molecule has 1 aromatic heterocycles. The molecule has 2 rings (SSSR count). The molecule has 0 spiro atoms. The molecule has 4 heteroatoms. The fourth-order valence-corrected chi connectivity index (χ4v) is 3.11.